The normalized spacial score (nSPS) is 11.2. The van der Waals surface area contributed by atoms with Gasteiger partial charge in [0.2, 0.25) is 0 Å². The summed E-state index contributed by atoms with van der Waals surface area (Å²) in [5.74, 6) is 0.613. The number of hydrogen-bond acceptors (Lipinski definition) is 3. The molecular formula is C6H13Cl2N3O. The van der Waals surface area contributed by atoms with Crippen molar-refractivity contribution < 1.29 is 5.11 Å². The first kappa shape index (κ1) is 14.2. The Morgan fingerprint density at radius 2 is 2.25 bits per heavy atom. The molecule has 3 N–H and O–H groups in total. The molecule has 0 fully saturated rings. The number of aliphatic hydroxyl groups is 1. The van der Waals surface area contributed by atoms with Gasteiger partial charge in [0.25, 0.3) is 0 Å². The maximum absolute atomic E-state index is 9.19. The second kappa shape index (κ2) is 6.25. The van der Waals surface area contributed by atoms with Crippen LogP contribution in [0.25, 0.3) is 0 Å². The van der Waals surface area contributed by atoms with Gasteiger partial charge < -0.3 is 15.4 Å². The number of nitrogens with two attached hydrogens (primary N) is 1. The third-order valence-electron chi connectivity index (χ3n) is 1.38. The van der Waals surface area contributed by atoms with Crippen LogP contribution in [-0.2, 0) is 7.05 Å². The van der Waals surface area contributed by atoms with Gasteiger partial charge in [-0.25, -0.2) is 4.98 Å². The van der Waals surface area contributed by atoms with E-state index < -0.39 is 6.10 Å². The van der Waals surface area contributed by atoms with Crippen LogP contribution in [0.1, 0.15) is 11.9 Å². The summed E-state index contributed by atoms with van der Waals surface area (Å²) in [6.07, 6.45) is 2.77. The van der Waals surface area contributed by atoms with Crippen LogP contribution in [0, 0.1) is 0 Å². The molecule has 6 heteroatoms. The number of aromatic nitrogens is 2. The molecule has 0 spiro atoms. The van der Waals surface area contributed by atoms with Gasteiger partial charge in [0.05, 0.1) is 0 Å². The van der Waals surface area contributed by atoms with Crippen molar-refractivity contribution in [2.75, 3.05) is 6.54 Å². The molecule has 1 heterocycles. The summed E-state index contributed by atoms with van der Waals surface area (Å²) in [6.45, 7) is 0.213. The second-order valence-electron chi connectivity index (χ2n) is 2.15. The summed E-state index contributed by atoms with van der Waals surface area (Å²) in [5.41, 5.74) is 5.23. The molecular weight excluding hydrogens is 201 g/mol. The SMILES string of the molecule is Cl.Cl.Cn1ccnc1C(O)CN. The van der Waals surface area contributed by atoms with Crippen molar-refractivity contribution in [2.24, 2.45) is 12.8 Å². The molecule has 1 aromatic rings. The van der Waals surface area contributed by atoms with E-state index in [1.54, 1.807) is 17.0 Å². The van der Waals surface area contributed by atoms with Gasteiger partial charge in [-0.05, 0) is 0 Å². The van der Waals surface area contributed by atoms with Crippen LogP contribution in [-0.4, -0.2) is 21.2 Å². The molecule has 0 radical (unpaired) electrons. The summed E-state index contributed by atoms with van der Waals surface area (Å²) in [4.78, 5) is 3.92. The van der Waals surface area contributed by atoms with E-state index in [4.69, 9.17) is 5.73 Å². The van der Waals surface area contributed by atoms with Crippen LogP contribution in [0.4, 0.5) is 0 Å². The fourth-order valence-electron chi connectivity index (χ4n) is 0.804. The number of imidazole rings is 1. The molecule has 0 saturated carbocycles. The summed E-state index contributed by atoms with van der Waals surface area (Å²) in [7, 11) is 1.82. The zero-order valence-electron chi connectivity index (χ0n) is 6.67. The Bertz CT molecular complexity index is 216. The largest absolute Gasteiger partial charge is 0.384 e. The zero-order chi connectivity index (χ0) is 7.56. The molecule has 0 amide bonds. The number of nitrogens with zero attached hydrogens (tertiary/aromatic N) is 2. The first-order chi connectivity index (χ1) is 4.75. The molecule has 72 valence electrons. The van der Waals surface area contributed by atoms with Crippen LogP contribution in [0.2, 0.25) is 0 Å². The van der Waals surface area contributed by atoms with Crippen molar-refractivity contribution >= 4 is 24.8 Å². The minimum atomic E-state index is -0.639. The lowest BCUT2D eigenvalue weighted by Crippen LogP contribution is -2.15. The van der Waals surface area contributed by atoms with Crippen LogP contribution >= 0.6 is 24.8 Å². The first-order valence-electron chi connectivity index (χ1n) is 3.11. The van der Waals surface area contributed by atoms with E-state index in [0.29, 0.717) is 5.82 Å². The van der Waals surface area contributed by atoms with Gasteiger partial charge in [0, 0.05) is 26.0 Å². The highest BCUT2D eigenvalue weighted by molar-refractivity contribution is 5.85. The van der Waals surface area contributed by atoms with E-state index in [-0.39, 0.29) is 31.4 Å². The standard InChI is InChI=1S/C6H11N3O.2ClH/c1-9-3-2-8-6(9)5(10)4-7;;/h2-3,5,10H,4,7H2,1H3;2*1H. The van der Waals surface area contributed by atoms with Crippen molar-refractivity contribution in [3.05, 3.63) is 18.2 Å². The van der Waals surface area contributed by atoms with Gasteiger partial charge in [0.15, 0.2) is 0 Å². The molecule has 1 rings (SSSR count). The molecule has 0 aliphatic carbocycles. The minimum Gasteiger partial charge on any atom is -0.384 e. The summed E-state index contributed by atoms with van der Waals surface area (Å²) < 4.78 is 1.75. The maximum atomic E-state index is 9.19. The smallest absolute Gasteiger partial charge is 0.138 e. The van der Waals surface area contributed by atoms with Crippen LogP contribution in [0.5, 0.6) is 0 Å². The van der Waals surface area contributed by atoms with Crippen molar-refractivity contribution in [3.63, 3.8) is 0 Å². The highest BCUT2D eigenvalue weighted by Gasteiger charge is 2.08. The number of aryl methyl sites for hydroxylation is 1. The number of rotatable bonds is 2. The van der Waals surface area contributed by atoms with E-state index in [9.17, 15) is 5.11 Å². The first-order valence-corrected chi connectivity index (χ1v) is 3.11. The van der Waals surface area contributed by atoms with Crippen molar-refractivity contribution in [1.82, 2.24) is 9.55 Å². The van der Waals surface area contributed by atoms with Crippen LogP contribution < -0.4 is 5.73 Å². The summed E-state index contributed by atoms with van der Waals surface area (Å²) in [6, 6.07) is 0. The van der Waals surface area contributed by atoms with E-state index in [0.717, 1.165) is 0 Å². The van der Waals surface area contributed by atoms with Crippen LogP contribution in [0.3, 0.4) is 0 Å². The molecule has 4 nitrogen and oxygen atoms in total. The summed E-state index contributed by atoms with van der Waals surface area (Å²) in [5, 5.41) is 9.19. The topological polar surface area (TPSA) is 64.1 Å². The monoisotopic (exact) mass is 213 g/mol. The van der Waals surface area contributed by atoms with E-state index in [2.05, 4.69) is 4.98 Å². The molecule has 1 atom stereocenters. The zero-order valence-corrected chi connectivity index (χ0v) is 8.31. The highest BCUT2D eigenvalue weighted by atomic mass is 35.5. The maximum Gasteiger partial charge on any atom is 0.138 e. The third-order valence-corrected chi connectivity index (χ3v) is 1.38. The molecule has 0 saturated heterocycles. The average Bonchev–Trinajstić information content (AvgIpc) is 2.34. The number of aliphatic hydroxyl groups excluding tert-OH is 1. The predicted octanol–water partition coefficient (Wildman–Crippen LogP) is 0.256. The third kappa shape index (κ3) is 2.98. The Morgan fingerprint density at radius 3 is 2.58 bits per heavy atom. The fourth-order valence-corrected chi connectivity index (χ4v) is 0.804. The van der Waals surface area contributed by atoms with E-state index in [1.807, 2.05) is 7.05 Å². The Morgan fingerprint density at radius 1 is 1.67 bits per heavy atom. The Hall–Kier alpha value is -0.290. The van der Waals surface area contributed by atoms with Gasteiger partial charge in [-0.15, -0.1) is 24.8 Å². The Balaban J connectivity index is 0. The summed E-state index contributed by atoms with van der Waals surface area (Å²) >= 11 is 0. The number of hydrogen-bond donors (Lipinski definition) is 2. The van der Waals surface area contributed by atoms with Crippen molar-refractivity contribution in [1.29, 1.82) is 0 Å². The van der Waals surface area contributed by atoms with Gasteiger partial charge in [-0.2, -0.15) is 0 Å². The van der Waals surface area contributed by atoms with Crippen molar-refractivity contribution in [2.45, 2.75) is 6.10 Å². The van der Waals surface area contributed by atoms with Gasteiger partial charge >= 0.3 is 0 Å². The molecule has 0 aliphatic rings. The highest BCUT2D eigenvalue weighted by Crippen LogP contribution is 2.05. The fraction of sp³-hybridized carbons (Fsp3) is 0.500. The molecule has 1 unspecified atom stereocenters. The van der Waals surface area contributed by atoms with E-state index in [1.165, 1.54) is 0 Å². The molecule has 1 aromatic heterocycles. The Kier molecular flexibility index (Phi) is 7.42. The lowest BCUT2D eigenvalue weighted by Gasteiger charge is -2.05. The van der Waals surface area contributed by atoms with Gasteiger partial charge in [-0.3, -0.25) is 0 Å². The molecule has 12 heavy (non-hydrogen) atoms. The van der Waals surface area contributed by atoms with Gasteiger partial charge in [0.1, 0.15) is 11.9 Å². The second-order valence-corrected chi connectivity index (χ2v) is 2.15. The van der Waals surface area contributed by atoms with Crippen LogP contribution in [0.15, 0.2) is 12.4 Å². The molecule has 0 bridgehead atoms. The van der Waals surface area contributed by atoms with E-state index >= 15 is 0 Å². The van der Waals surface area contributed by atoms with Crippen molar-refractivity contribution in [3.8, 4) is 0 Å². The molecule has 0 aromatic carbocycles. The lowest BCUT2D eigenvalue weighted by atomic mass is 10.3. The Labute approximate surface area is 83.6 Å². The molecule has 0 aliphatic heterocycles. The average molecular weight is 214 g/mol. The predicted molar refractivity (Wildman–Crippen MR) is 51.7 cm³/mol. The van der Waals surface area contributed by atoms with Gasteiger partial charge in [-0.1, -0.05) is 0 Å². The lowest BCUT2D eigenvalue weighted by molar-refractivity contribution is 0.173. The quantitative estimate of drug-likeness (QED) is 0.741. The minimum absolute atomic E-state index is 0. The number of halogens is 2.